The highest BCUT2D eigenvalue weighted by atomic mass is 16.6. The predicted molar refractivity (Wildman–Crippen MR) is 101 cm³/mol. The smallest absolute Gasteiger partial charge is 0.412 e. The molecule has 0 radical (unpaired) electrons. The van der Waals surface area contributed by atoms with Crippen LogP contribution in [0.1, 0.15) is 53.0 Å². The summed E-state index contributed by atoms with van der Waals surface area (Å²) < 4.78 is 5.21. The Hall–Kier alpha value is -2.24. The highest BCUT2D eigenvalue weighted by Crippen LogP contribution is 2.13. The molecule has 0 saturated heterocycles. The maximum atomic E-state index is 11.7. The van der Waals surface area contributed by atoms with Crippen LogP contribution in [0.4, 0.5) is 15.3 Å². The lowest BCUT2D eigenvalue weighted by molar-refractivity contribution is 0.0636. The molecule has 0 aliphatic carbocycles. The minimum Gasteiger partial charge on any atom is -0.444 e. The molecule has 0 saturated carbocycles. The fraction of sp³-hybridized carbons (Fsp3) is 0.579. The van der Waals surface area contributed by atoms with Gasteiger partial charge in [-0.2, -0.15) is 0 Å². The molecule has 6 nitrogen and oxygen atoms in total. The summed E-state index contributed by atoms with van der Waals surface area (Å²) in [4.78, 5) is 23.3. The van der Waals surface area contributed by atoms with Crippen molar-refractivity contribution in [2.24, 2.45) is 0 Å². The van der Waals surface area contributed by atoms with Gasteiger partial charge in [-0.25, -0.2) is 9.59 Å². The molecule has 0 aromatic heterocycles. The molecule has 1 atom stereocenters. The van der Waals surface area contributed by atoms with Crippen molar-refractivity contribution in [3.8, 4) is 0 Å². The number of aryl methyl sites for hydroxylation is 1. The number of rotatable bonds is 7. The van der Waals surface area contributed by atoms with E-state index in [2.05, 4.69) is 16.0 Å². The Labute approximate surface area is 150 Å². The first-order chi connectivity index (χ1) is 11.7. The van der Waals surface area contributed by atoms with Crippen molar-refractivity contribution in [2.75, 3.05) is 11.9 Å². The first-order valence-corrected chi connectivity index (χ1v) is 8.83. The number of benzene rings is 1. The van der Waals surface area contributed by atoms with Gasteiger partial charge in [-0.1, -0.05) is 19.1 Å². The maximum Gasteiger partial charge on any atom is 0.412 e. The molecule has 0 aliphatic rings. The Morgan fingerprint density at radius 3 is 2.36 bits per heavy atom. The van der Waals surface area contributed by atoms with Crippen molar-refractivity contribution in [1.82, 2.24) is 10.6 Å². The SMILES string of the molecule is CCC(C)NC(=O)NCCCc1ccc(NC(=O)OC(C)(C)C)cc1. The zero-order chi connectivity index (χ0) is 18.9. The third-order valence-corrected chi connectivity index (χ3v) is 3.52. The molecular weight excluding hydrogens is 318 g/mol. The van der Waals surface area contributed by atoms with E-state index in [0.29, 0.717) is 12.2 Å². The summed E-state index contributed by atoms with van der Waals surface area (Å²) in [5, 5.41) is 8.43. The second-order valence-corrected chi connectivity index (χ2v) is 7.14. The zero-order valence-electron chi connectivity index (χ0n) is 15.9. The Morgan fingerprint density at radius 1 is 1.16 bits per heavy atom. The van der Waals surface area contributed by atoms with E-state index in [0.717, 1.165) is 24.8 Å². The van der Waals surface area contributed by atoms with Gasteiger partial charge in [0.2, 0.25) is 0 Å². The average molecular weight is 349 g/mol. The standard InChI is InChI=1S/C19H31N3O3/c1-6-14(2)21-17(23)20-13-7-8-15-9-11-16(12-10-15)22-18(24)25-19(3,4)5/h9-12,14H,6-8,13H2,1-5H3,(H,22,24)(H2,20,21,23). The summed E-state index contributed by atoms with van der Waals surface area (Å²) in [6.07, 6.45) is 2.16. The molecular formula is C19H31N3O3. The maximum absolute atomic E-state index is 11.7. The summed E-state index contributed by atoms with van der Waals surface area (Å²) in [6, 6.07) is 7.69. The third kappa shape index (κ3) is 9.59. The number of carbonyl (C=O) groups excluding carboxylic acids is 2. The zero-order valence-corrected chi connectivity index (χ0v) is 15.9. The van der Waals surface area contributed by atoms with Crippen LogP contribution in [0.25, 0.3) is 0 Å². The van der Waals surface area contributed by atoms with Gasteiger partial charge in [-0.3, -0.25) is 5.32 Å². The van der Waals surface area contributed by atoms with Crippen LogP contribution in [0.3, 0.4) is 0 Å². The predicted octanol–water partition coefficient (Wildman–Crippen LogP) is 4.06. The molecule has 0 spiro atoms. The molecule has 140 valence electrons. The van der Waals surface area contributed by atoms with Gasteiger partial charge < -0.3 is 15.4 Å². The van der Waals surface area contributed by atoms with Gasteiger partial charge in [-0.15, -0.1) is 0 Å². The van der Waals surface area contributed by atoms with Crippen LogP contribution < -0.4 is 16.0 Å². The van der Waals surface area contributed by atoms with Gasteiger partial charge in [0.25, 0.3) is 0 Å². The van der Waals surface area contributed by atoms with Gasteiger partial charge in [0, 0.05) is 18.3 Å². The Morgan fingerprint density at radius 2 is 1.80 bits per heavy atom. The molecule has 3 N–H and O–H groups in total. The van der Waals surface area contributed by atoms with E-state index < -0.39 is 11.7 Å². The number of amides is 3. The van der Waals surface area contributed by atoms with Crippen LogP contribution in [0.15, 0.2) is 24.3 Å². The molecule has 3 amide bonds. The first-order valence-electron chi connectivity index (χ1n) is 8.83. The van der Waals surface area contributed by atoms with Gasteiger partial charge in [0.15, 0.2) is 0 Å². The third-order valence-electron chi connectivity index (χ3n) is 3.52. The normalized spacial score (nSPS) is 12.2. The Kier molecular flexibility index (Phi) is 8.25. The summed E-state index contributed by atoms with van der Waals surface area (Å²) in [5.74, 6) is 0. The van der Waals surface area contributed by atoms with Gasteiger partial charge in [0.1, 0.15) is 5.60 Å². The highest BCUT2D eigenvalue weighted by molar-refractivity contribution is 5.84. The minimum absolute atomic E-state index is 0.119. The largest absolute Gasteiger partial charge is 0.444 e. The van der Waals surface area contributed by atoms with E-state index in [-0.39, 0.29) is 12.1 Å². The average Bonchev–Trinajstić information content (AvgIpc) is 2.51. The van der Waals surface area contributed by atoms with E-state index in [1.165, 1.54) is 0 Å². The number of hydrogen-bond donors (Lipinski definition) is 3. The van der Waals surface area contributed by atoms with Crippen LogP contribution in [0.2, 0.25) is 0 Å². The number of ether oxygens (including phenoxy) is 1. The molecule has 1 aromatic rings. The van der Waals surface area contributed by atoms with Crippen molar-refractivity contribution < 1.29 is 14.3 Å². The molecule has 0 heterocycles. The molecule has 1 rings (SSSR count). The summed E-state index contributed by atoms with van der Waals surface area (Å²) in [6.45, 7) is 10.1. The molecule has 0 bridgehead atoms. The number of carbonyl (C=O) groups is 2. The Balaban J connectivity index is 2.30. The van der Waals surface area contributed by atoms with E-state index >= 15 is 0 Å². The van der Waals surface area contributed by atoms with E-state index in [1.807, 2.05) is 58.9 Å². The number of anilines is 1. The summed E-state index contributed by atoms with van der Waals surface area (Å²) in [7, 11) is 0. The monoisotopic (exact) mass is 349 g/mol. The second-order valence-electron chi connectivity index (χ2n) is 7.14. The minimum atomic E-state index is -0.516. The quantitative estimate of drug-likeness (QED) is 0.649. The first kappa shape index (κ1) is 20.8. The molecule has 1 unspecified atom stereocenters. The number of urea groups is 1. The van der Waals surface area contributed by atoms with Gasteiger partial charge >= 0.3 is 12.1 Å². The van der Waals surface area contributed by atoms with Crippen LogP contribution in [-0.4, -0.2) is 30.3 Å². The lowest BCUT2D eigenvalue weighted by atomic mass is 10.1. The molecule has 0 fully saturated rings. The lowest BCUT2D eigenvalue weighted by Gasteiger charge is -2.19. The van der Waals surface area contributed by atoms with Crippen molar-refractivity contribution in [3.63, 3.8) is 0 Å². The molecule has 25 heavy (non-hydrogen) atoms. The van der Waals surface area contributed by atoms with Crippen LogP contribution in [0, 0.1) is 0 Å². The highest BCUT2D eigenvalue weighted by Gasteiger charge is 2.16. The molecule has 1 aromatic carbocycles. The fourth-order valence-electron chi connectivity index (χ4n) is 2.05. The van der Waals surface area contributed by atoms with Gasteiger partial charge in [0.05, 0.1) is 0 Å². The molecule has 6 heteroatoms. The topological polar surface area (TPSA) is 79.5 Å². The second kappa shape index (κ2) is 9.91. The molecule has 0 aliphatic heterocycles. The lowest BCUT2D eigenvalue weighted by Crippen LogP contribution is -2.40. The number of hydrogen-bond acceptors (Lipinski definition) is 3. The Bertz CT molecular complexity index is 550. The van der Waals surface area contributed by atoms with Crippen molar-refractivity contribution in [2.45, 2.75) is 65.5 Å². The fourth-order valence-corrected chi connectivity index (χ4v) is 2.05. The van der Waals surface area contributed by atoms with Crippen molar-refractivity contribution in [3.05, 3.63) is 29.8 Å². The van der Waals surface area contributed by atoms with E-state index in [9.17, 15) is 9.59 Å². The van der Waals surface area contributed by atoms with Crippen molar-refractivity contribution >= 4 is 17.8 Å². The van der Waals surface area contributed by atoms with E-state index in [1.54, 1.807) is 0 Å². The van der Waals surface area contributed by atoms with Crippen LogP contribution in [-0.2, 0) is 11.2 Å². The van der Waals surface area contributed by atoms with Crippen LogP contribution in [0.5, 0.6) is 0 Å². The number of nitrogens with one attached hydrogen (secondary N) is 3. The summed E-state index contributed by atoms with van der Waals surface area (Å²) in [5.41, 5.74) is 1.33. The van der Waals surface area contributed by atoms with Crippen molar-refractivity contribution in [1.29, 1.82) is 0 Å². The van der Waals surface area contributed by atoms with Gasteiger partial charge in [-0.05, 0) is 64.7 Å². The van der Waals surface area contributed by atoms with E-state index in [4.69, 9.17) is 4.74 Å². The summed E-state index contributed by atoms with van der Waals surface area (Å²) >= 11 is 0. The van der Waals surface area contributed by atoms with Crippen LogP contribution >= 0.6 is 0 Å².